The number of hydrogen-bond donors (Lipinski definition) is 3. The molecule has 0 spiro atoms. The fourth-order valence-electron chi connectivity index (χ4n) is 2.02. The van der Waals surface area contributed by atoms with Gasteiger partial charge in [0.15, 0.2) is 0 Å². The molecule has 10 heteroatoms. The summed E-state index contributed by atoms with van der Waals surface area (Å²) in [6, 6.07) is 10.1. The monoisotopic (exact) mass is 441 g/mol. The van der Waals surface area contributed by atoms with Crippen LogP contribution >= 0.6 is 15.9 Å². The molecule has 2 aromatic carbocycles. The molecule has 2 aromatic rings. The van der Waals surface area contributed by atoms with Gasteiger partial charge in [-0.2, -0.15) is 0 Å². The van der Waals surface area contributed by atoms with E-state index in [-0.39, 0.29) is 17.0 Å². The van der Waals surface area contributed by atoms with Crippen LogP contribution < -0.4 is 20.5 Å². The summed E-state index contributed by atoms with van der Waals surface area (Å²) in [6.45, 7) is -0.339. The number of benzene rings is 2. The van der Waals surface area contributed by atoms with Crippen LogP contribution in [0.5, 0.6) is 5.75 Å². The van der Waals surface area contributed by atoms with E-state index in [1.54, 1.807) is 18.2 Å². The molecule has 0 aliphatic heterocycles. The lowest BCUT2D eigenvalue weighted by atomic mass is 10.2. The fraction of sp³-hybridized carbons (Fsp3) is 0.125. The number of halogens is 1. The van der Waals surface area contributed by atoms with E-state index in [4.69, 9.17) is 10.5 Å². The highest BCUT2D eigenvalue weighted by atomic mass is 79.9. The standard InChI is InChI=1S/C16H16BrN3O5S/c1-25-14-6-5-11(8-13(14)17)20-26(23,24)12-4-2-3-10(7-12)16(22)19-9-15(18)21/h2-8,20H,9H2,1H3,(H2,18,21)(H,19,22). The number of amides is 2. The van der Waals surface area contributed by atoms with Crippen molar-refractivity contribution in [2.24, 2.45) is 5.73 Å². The van der Waals surface area contributed by atoms with Crippen LogP contribution in [-0.2, 0) is 14.8 Å². The summed E-state index contributed by atoms with van der Waals surface area (Å²) in [5.74, 6) is -0.747. The molecular formula is C16H16BrN3O5S. The number of nitrogens with two attached hydrogens (primary N) is 1. The first-order chi connectivity index (χ1) is 12.2. The molecule has 0 fully saturated rings. The fourth-order valence-corrected chi connectivity index (χ4v) is 3.65. The zero-order chi connectivity index (χ0) is 19.3. The van der Waals surface area contributed by atoms with Crippen molar-refractivity contribution in [2.45, 2.75) is 4.90 Å². The van der Waals surface area contributed by atoms with Crippen molar-refractivity contribution in [3.8, 4) is 5.75 Å². The first-order valence-corrected chi connectivity index (χ1v) is 9.53. The van der Waals surface area contributed by atoms with E-state index >= 15 is 0 Å². The van der Waals surface area contributed by atoms with Crippen LogP contribution in [0, 0.1) is 0 Å². The van der Waals surface area contributed by atoms with Crippen molar-refractivity contribution in [3.63, 3.8) is 0 Å². The van der Waals surface area contributed by atoms with Gasteiger partial charge >= 0.3 is 0 Å². The number of primary amides is 1. The second kappa shape index (κ2) is 8.19. The Labute approximate surface area is 158 Å². The van der Waals surface area contributed by atoms with E-state index in [1.807, 2.05) is 0 Å². The molecule has 0 aliphatic carbocycles. The van der Waals surface area contributed by atoms with Crippen LogP contribution in [0.1, 0.15) is 10.4 Å². The maximum atomic E-state index is 12.5. The van der Waals surface area contributed by atoms with Crippen LogP contribution in [0.15, 0.2) is 51.8 Å². The summed E-state index contributed by atoms with van der Waals surface area (Å²) in [4.78, 5) is 22.6. The normalized spacial score (nSPS) is 10.8. The molecule has 0 saturated heterocycles. The number of sulfonamides is 1. The van der Waals surface area contributed by atoms with E-state index in [9.17, 15) is 18.0 Å². The molecule has 26 heavy (non-hydrogen) atoms. The SMILES string of the molecule is COc1ccc(NS(=O)(=O)c2cccc(C(=O)NCC(N)=O)c2)cc1Br. The Kier molecular flexibility index (Phi) is 6.22. The van der Waals surface area contributed by atoms with E-state index in [2.05, 4.69) is 26.0 Å². The first-order valence-electron chi connectivity index (χ1n) is 7.26. The number of rotatable bonds is 7. The number of carbonyl (C=O) groups excluding carboxylic acids is 2. The van der Waals surface area contributed by atoms with Gasteiger partial charge in [0, 0.05) is 5.56 Å². The predicted octanol–water partition coefficient (Wildman–Crippen LogP) is 1.47. The molecule has 4 N–H and O–H groups in total. The van der Waals surface area contributed by atoms with E-state index in [1.165, 1.54) is 31.4 Å². The second-order valence-corrected chi connectivity index (χ2v) is 7.67. The van der Waals surface area contributed by atoms with E-state index in [0.29, 0.717) is 15.9 Å². The number of ether oxygens (including phenoxy) is 1. The quantitative estimate of drug-likeness (QED) is 0.599. The summed E-state index contributed by atoms with van der Waals surface area (Å²) in [5.41, 5.74) is 5.37. The molecule has 0 heterocycles. The van der Waals surface area contributed by atoms with Gasteiger partial charge in [-0.3, -0.25) is 14.3 Å². The minimum absolute atomic E-state index is 0.0880. The zero-order valence-corrected chi connectivity index (χ0v) is 16.1. The zero-order valence-electron chi connectivity index (χ0n) is 13.7. The Morgan fingerprint density at radius 1 is 1.19 bits per heavy atom. The summed E-state index contributed by atoms with van der Waals surface area (Å²) in [6.07, 6.45) is 0. The highest BCUT2D eigenvalue weighted by molar-refractivity contribution is 9.10. The topological polar surface area (TPSA) is 128 Å². The van der Waals surface area contributed by atoms with Crippen molar-refractivity contribution in [1.29, 1.82) is 0 Å². The maximum absolute atomic E-state index is 12.5. The number of methoxy groups -OCH3 is 1. The summed E-state index contributed by atoms with van der Waals surface area (Å²) >= 11 is 3.28. The third-order valence-electron chi connectivity index (χ3n) is 3.23. The lowest BCUT2D eigenvalue weighted by Gasteiger charge is -2.11. The molecule has 2 rings (SSSR count). The lowest BCUT2D eigenvalue weighted by Crippen LogP contribution is -2.33. The summed E-state index contributed by atoms with van der Waals surface area (Å²) < 4.78 is 33.2. The molecule has 0 unspecified atom stereocenters. The van der Waals surface area contributed by atoms with Crippen LogP contribution in [0.25, 0.3) is 0 Å². The van der Waals surface area contributed by atoms with Gasteiger partial charge in [0.25, 0.3) is 15.9 Å². The van der Waals surface area contributed by atoms with Gasteiger partial charge in [0.05, 0.1) is 28.7 Å². The Hall–Kier alpha value is -2.59. The van der Waals surface area contributed by atoms with Crippen molar-refractivity contribution < 1.29 is 22.7 Å². The molecule has 2 amide bonds. The second-order valence-electron chi connectivity index (χ2n) is 5.13. The van der Waals surface area contributed by atoms with Gasteiger partial charge in [-0.1, -0.05) is 6.07 Å². The Balaban J connectivity index is 2.23. The van der Waals surface area contributed by atoms with Crippen LogP contribution in [-0.4, -0.2) is 33.9 Å². The highest BCUT2D eigenvalue weighted by Gasteiger charge is 2.17. The molecule has 0 radical (unpaired) electrons. The average Bonchev–Trinajstić information content (AvgIpc) is 2.59. The van der Waals surface area contributed by atoms with Crippen molar-refractivity contribution in [1.82, 2.24) is 5.32 Å². The molecule has 0 saturated carbocycles. The van der Waals surface area contributed by atoms with Gasteiger partial charge in [-0.25, -0.2) is 8.42 Å². The molecule has 0 aliphatic rings. The number of nitrogens with one attached hydrogen (secondary N) is 2. The average molecular weight is 442 g/mol. The van der Waals surface area contributed by atoms with Gasteiger partial charge in [0.2, 0.25) is 5.91 Å². The van der Waals surface area contributed by atoms with E-state index in [0.717, 1.165) is 0 Å². The van der Waals surface area contributed by atoms with Gasteiger partial charge in [0.1, 0.15) is 5.75 Å². The van der Waals surface area contributed by atoms with Gasteiger partial charge in [-0.05, 0) is 52.3 Å². The Bertz CT molecular complexity index is 947. The smallest absolute Gasteiger partial charge is 0.261 e. The lowest BCUT2D eigenvalue weighted by molar-refractivity contribution is -0.117. The number of hydrogen-bond acceptors (Lipinski definition) is 5. The van der Waals surface area contributed by atoms with Gasteiger partial charge in [-0.15, -0.1) is 0 Å². The minimum atomic E-state index is -3.92. The molecule has 0 atom stereocenters. The Morgan fingerprint density at radius 2 is 1.92 bits per heavy atom. The maximum Gasteiger partial charge on any atom is 0.261 e. The summed E-state index contributed by atoms with van der Waals surface area (Å²) in [5, 5.41) is 2.30. The van der Waals surface area contributed by atoms with Gasteiger partial charge < -0.3 is 15.8 Å². The molecule has 0 aromatic heterocycles. The molecule has 138 valence electrons. The Morgan fingerprint density at radius 3 is 2.54 bits per heavy atom. The minimum Gasteiger partial charge on any atom is -0.496 e. The molecule has 8 nitrogen and oxygen atoms in total. The van der Waals surface area contributed by atoms with Crippen molar-refractivity contribution in [2.75, 3.05) is 18.4 Å². The van der Waals surface area contributed by atoms with Crippen LogP contribution in [0.4, 0.5) is 5.69 Å². The molecule has 0 bridgehead atoms. The highest BCUT2D eigenvalue weighted by Crippen LogP contribution is 2.28. The summed E-state index contributed by atoms with van der Waals surface area (Å²) in [7, 11) is -2.42. The van der Waals surface area contributed by atoms with E-state index < -0.39 is 21.8 Å². The predicted molar refractivity (Wildman–Crippen MR) is 99.5 cm³/mol. The third-order valence-corrected chi connectivity index (χ3v) is 5.23. The number of anilines is 1. The largest absolute Gasteiger partial charge is 0.496 e. The number of carbonyl (C=O) groups is 2. The van der Waals surface area contributed by atoms with Crippen molar-refractivity contribution in [3.05, 3.63) is 52.5 Å². The van der Waals surface area contributed by atoms with Crippen LogP contribution in [0.2, 0.25) is 0 Å². The van der Waals surface area contributed by atoms with Crippen molar-refractivity contribution >= 4 is 43.5 Å². The molecular weight excluding hydrogens is 426 g/mol. The third kappa shape index (κ3) is 4.96. The first kappa shape index (κ1) is 19.7. The van der Waals surface area contributed by atoms with Crippen LogP contribution in [0.3, 0.4) is 0 Å².